The third kappa shape index (κ3) is 293. The number of hydrogen-bond acceptors (Lipinski definition) is 2. The van der Waals surface area contributed by atoms with E-state index in [-0.39, 0.29) is 165 Å². The molecule has 0 spiro atoms. The minimum Gasteiger partial charge on any atom is -0.870 e. The van der Waals surface area contributed by atoms with Gasteiger partial charge in [0.1, 0.15) is 0 Å². The van der Waals surface area contributed by atoms with Crippen LogP contribution in [0.5, 0.6) is 0 Å². The van der Waals surface area contributed by atoms with Gasteiger partial charge in [-0.3, -0.25) is 0 Å². The van der Waals surface area contributed by atoms with Gasteiger partial charge in [-0.05, 0) is 0 Å². The monoisotopic (exact) mass is 950 g/mol. The minimum absolute atomic E-state index is 0. The average molecular weight is 951 g/mol. The van der Waals surface area contributed by atoms with E-state index >= 15 is 0 Å². The van der Waals surface area contributed by atoms with Crippen LogP contribution in [0.2, 0.25) is 0 Å². The van der Waals surface area contributed by atoms with Crippen molar-refractivity contribution in [3.05, 3.63) is 0 Å². The Morgan fingerprint density at radius 1 is 0.286 bits per heavy atom. The van der Waals surface area contributed by atoms with Gasteiger partial charge in [0.15, 0.2) is 0 Å². The molecule has 0 aliphatic rings. The van der Waals surface area contributed by atoms with Crippen LogP contribution in [0.3, 0.4) is 0 Å². The molecule has 100 valence electrons. The van der Waals surface area contributed by atoms with Crippen LogP contribution in [0.4, 0.5) is 0 Å². The molecule has 18 N–H and O–H groups in total. The summed E-state index contributed by atoms with van der Waals surface area (Å²) in [6, 6.07) is 0. The van der Waals surface area contributed by atoms with E-state index < -0.39 is 0 Å². The van der Waals surface area contributed by atoms with Crippen molar-refractivity contribution in [2.24, 2.45) is 0 Å². The zero-order valence-corrected chi connectivity index (χ0v) is 20.2. The van der Waals surface area contributed by atoms with Crippen LogP contribution in [0.1, 0.15) is 0 Å². The van der Waals surface area contributed by atoms with Crippen molar-refractivity contribution in [3.8, 4) is 0 Å². The third-order valence-corrected chi connectivity index (χ3v) is 0. The fraction of sp³-hybridized carbons (Fsp3) is 0. The second-order valence-electron chi connectivity index (χ2n) is 0. The number of hydrogen-bond donors (Lipinski definition) is 0. The van der Waals surface area contributed by atoms with Gasteiger partial charge in [0, 0.05) is 93.3 Å². The molecular weight excluding hydrogens is 933 g/mol. The van der Waals surface area contributed by atoms with Crippen LogP contribution in [0.15, 0.2) is 0 Å². The van der Waals surface area contributed by atoms with Gasteiger partial charge in [0.2, 0.25) is 0 Å². The van der Waals surface area contributed by atoms with Gasteiger partial charge in [-0.15, -0.1) is 0 Å². The summed E-state index contributed by atoms with van der Waals surface area (Å²) in [5.74, 6) is 0. The molecule has 10 nitrogen and oxygen atoms in total. The van der Waals surface area contributed by atoms with Crippen LogP contribution < -0.4 is 0 Å². The van der Waals surface area contributed by atoms with Gasteiger partial charge in [0.05, 0.1) is 0 Å². The topological polar surface area (TPSA) is 312 Å². The molecule has 0 aliphatic carbocycles. The Morgan fingerprint density at radius 2 is 0.286 bits per heavy atom. The van der Waals surface area contributed by atoms with Crippen LogP contribution in [-0.2, 0) is 16.5 Å². The summed E-state index contributed by atoms with van der Waals surface area (Å²) in [4.78, 5) is 0. The standard InChI is InChI=1S/Ni.10H2O.3U/h;10*1H2;;;/q+2;;;;;;;;;;;;;/p-2. The van der Waals surface area contributed by atoms with Crippen LogP contribution in [0.25, 0.3) is 0 Å². The number of rotatable bonds is 0. The minimum atomic E-state index is 0. The first-order valence-corrected chi connectivity index (χ1v) is 0. The quantitative estimate of drug-likeness (QED) is 0.214. The average Bonchev–Trinajstić information content (AvgIpc) is 0. The van der Waals surface area contributed by atoms with Gasteiger partial charge < -0.3 is 54.8 Å². The first-order valence-electron chi connectivity index (χ1n) is 0. The predicted octanol–water partition coefficient (Wildman–Crippen LogP) is -6.95. The summed E-state index contributed by atoms with van der Waals surface area (Å²) in [5.41, 5.74) is 0. The molecule has 0 aromatic heterocycles. The summed E-state index contributed by atoms with van der Waals surface area (Å²) >= 11 is 0. The SMILES string of the molecule is O.O.O.O.O.O.O.O.[Ni+2].[OH-].[OH-].[U].[U].[U]. The molecule has 0 aromatic carbocycles. The van der Waals surface area contributed by atoms with E-state index in [0.29, 0.717) is 0 Å². The Bertz CT molecular complexity index is 15.3. The molecular formula is H18NiO10U3. The van der Waals surface area contributed by atoms with E-state index in [4.69, 9.17) is 0 Å². The summed E-state index contributed by atoms with van der Waals surface area (Å²) in [6.07, 6.45) is 0. The first-order chi connectivity index (χ1) is 0. The van der Waals surface area contributed by atoms with Crippen molar-refractivity contribution in [1.82, 2.24) is 0 Å². The largest absolute Gasteiger partial charge is 2.00 e. The van der Waals surface area contributed by atoms with Gasteiger partial charge in [0.25, 0.3) is 0 Å². The smallest absolute Gasteiger partial charge is 0.870 e. The predicted molar refractivity (Wildman–Crippen MR) is 32.8 cm³/mol. The third-order valence-electron chi connectivity index (χ3n) is 0. The molecule has 0 unspecified atom stereocenters. The zero-order chi connectivity index (χ0) is 0. The van der Waals surface area contributed by atoms with Crippen molar-refractivity contribution in [3.63, 3.8) is 0 Å². The molecule has 0 fully saturated rings. The van der Waals surface area contributed by atoms with E-state index in [0.717, 1.165) is 0 Å². The van der Waals surface area contributed by atoms with Crippen molar-refractivity contribution in [1.29, 1.82) is 0 Å². The summed E-state index contributed by atoms with van der Waals surface area (Å²) in [7, 11) is 0. The van der Waals surface area contributed by atoms with E-state index in [1.54, 1.807) is 0 Å². The Hall–Kier alpha value is 3.25. The molecule has 14 heavy (non-hydrogen) atoms. The van der Waals surface area contributed by atoms with Gasteiger partial charge in [-0.25, -0.2) is 0 Å². The second kappa shape index (κ2) is 358. The Balaban J connectivity index is 0. The van der Waals surface area contributed by atoms with Crippen LogP contribution in [0, 0.1) is 93.3 Å². The summed E-state index contributed by atoms with van der Waals surface area (Å²) in [5, 5.41) is 0. The normalized spacial score (nSPS) is 0. The molecule has 0 atom stereocenters. The molecule has 14 heteroatoms. The molecule has 0 aliphatic heterocycles. The van der Waals surface area contributed by atoms with Gasteiger partial charge in [-0.1, -0.05) is 0 Å². The molecule has 0 rings (SSSR count). The van der Waals surface area contributed by atoms with Crippen LogP contribution >= 0.6 is 0 Å². The van der Waals surface area contributed by atoms with Crippen molar-refractivity contribution in [2.75, 3.05) is 0 Å². The van der Waals surface area contributed by atoms with Crippen molar-refractivity contribution in [2.45, 2.75) is 0 Å². The van der Waals surface area contributed by atoms with E-state index in [2.05, 4.69) is 0 Å². The molecule has 0 radical (unpaired) electrons. The molecule has 0 heterocycles. The van der Waals surface area contributed by atoms with E-state index in [1.165, 1.54) is 0 Å². The molecule has 0 amide bonds. The fourth-order valence-corrected chi connectivity index (χ4v) is 0. The Labute approximate surface area is 162 Å². The zero-order valence-electron chi connectivity index (χ0n) is 6.71. The first kappa shape index (κ1) is 431. The summed E-state index contributed by atoms with van der Waals surface area (Å²) in [6.45, 7) is 0. The Morgan fingerprint density at radius 3 is 0.286 bits per heavy atom. The molecule has 0 bridgehead atoms. The van der Waals surface area contributed by atoms with Crippen molar-refractivity contribution < 1.29 is 165 Å². The van der Waals surface area contributed by atoms with Gasteiger partial charge in [-0.2, -0.15) is 0 Å². The second-order valence-corrected chi connectivity index (χ2v) is 0. The Kier molecular flexibility index (Phi) is 11000. The molecule has 0 saturated heterocycles. The van der Waals surface area contributed by atoms with E-state index in [1.807, 2.05) is 0 Å². The van der Waals surface area contributed by atoms with E-state index in [9.17, 15) is 0 Å². The maximum absolute atomic E-state index is 0. The van der Waals surface area contributed by atoms with Gasteiger partial charge >= 0.3 is 16.5 Å². The maximum Gasteiger partial charge on any atom is 2.00 e. The van der Waals surface area contributed by atoms with Crippen molar-refractivity contribution >= 4 is 0 Å². The molecule has 0 aromatic rings. The fourth-order valence-electron chi connectivity index (χ4n) is 0. The maximum atomic E-state index is 0. The summed E-state index contributed by atoms with van der Waals surface area (Å²) < 4.78 is 0. The van der Waals surface area contributed by atoms with Crippen LogP contribution in [-0.4, -0.2) is 54.8 Å². The molecule has 0 saturated carbocycles.